The molecular weight excluding hydrogens is 136 g/mol. The van der Waals surface area contributed by atoms with Gasteiger partial charge in [0, 0.05) is 6.92 Å². The van der Waals surface area contributed by atoms with Gasteiger partial charge in [-0.3, -0.25) is 9.59 Å². The van der Waals surface area contributed by atoms with Crippen LogP contribution in [-0.4, -0.2) is 24.5 Å². The Morgan fingerprint density at radius 3 is 2.70 bits per heavy atom. The van der Waals surface area contributed by atoms with Gasteiger partial charge < -0.3 is 10.6 Å². The maximum Gasteiger partial charge on any atom is 0.258 e. The fourth-order valence-electron chi connectivity index (χ4n) is 0.212. The fourth-order valence-corrected chi connectivity index (χ4v) is 0.212. The SMILES string of the molecule is CC(=O)/C=N/OCC(N)=O. The highest BCUT2D eigenvalue weighted by Crippen LogP contribution is 1.72. The van der Waals surface area contributed by atoms with Crippen LogP contribution in [0, 0.1) is 0 Å². The Bertz CT molecular complexity index is 164. The maximum atomic E-state index is 10.1. The monoisotopic (exact) mass is 144 g/mol. The third-order valence-electron chi connectivity index (χ3n) is 0.516. The molecule has 10 heavy (non-hydrogen) atoms. The highest BCUT2D eigenvalue weighted by atomic mass is 16.6. The number of ketones is 1. The Balaban J connectivity index is 3.36. The molecule has 5 heteroatoms. The fraction of sp³-hybridized carbons (Fsp3) is 0.400. The lowest BCUT2D eigenvalue weighted by molar-refractivity contribution is -0.122. The Morgan fingerprint density at radius 1 is 1.70 bits per heavy atom. The summed E-state index contributed by atoms with van der Waals surface area (Å²) in [5.41, 5.74) is 4.69. The van der Waals surface area contributed by atoms with Gasteiger partial charge in [-0.2, -0.15) is 0 Å². The molecule has 2 N–H and O–H groups in total. The normalized spacial score (nSPS) is 9.70. The molecule has 0 spiro atoms. The van der Waals surface area contributed by atoms with E-state index >= 15 is 0 Å². The lowest BCUT2D eigenvalue weighted by Crippen LogP contribution is -2.16. The number of carbonyl (C=O) groups excluding carboxylic acids is 2. The van der Waals surface area contributed by atoms with E-state index in [0.29, 0.717) is 0 Å². The average Bonchev–Trinajstić information content (AvgIpc) is 1.79. The summed E-state index contributed by atoms with van der Waals surface area (Å²) in [5.74, 6) is -0.870. The van der Waals surface area contributed by atoms with Crippen LogP contribution >= 0.6 is 0 Å². The first-order valence-electron chi connectivity index (χ1n) is 2.57. The second kappa shape index (κ2) is 4.49. The number of Topliss-reactive ketones (excluding diaryl/α,β-unsaturated/α-hetero) is 1. The molecule has 0 aromatic rings. The smallest absolute Gasteiger partial charge is 0.258 e. The molecule has 5 nitrogen and oxygen atoms in total. The van der Waals surface area contributed by atoms with E-state index in [1.165, 1.54) is 6.92 Å². The van der Waals surface area contributed by atoms with E-state index in [0.717, 1.165) is 6.21 Å². The Labute approximate surface area is 57.8 Å². The van der Waals surface area contributed by atoms with Gasteiger partial charge in [-0.05, 0) is 0 Å². The Morgan fingerprint density at radius 2 is 2.30 bits per heavy atom. The van der Waals surface area contributed by atoms with E-state index in [1.807, 2.05) is 0 Å². The van der Waals surface area contributed by atoms with Crippen LogP contribution in [0.15, 0.2) is 5.16 Å². The van der Waals surface area contributed by atoms with Gasteiger partial charge in [-0.25, -0.2) is 0 Å². The summed E-state index contributed by atoms with van der Waals surface area (Å²) in [6.45, 7) is 1.01. The molecule has 0 aliphatic heterocycles. The third-order valence-corrected chi connectivity index (χ3v) is 0.516. The van der Waals surface area contributed by atoms with Gasteiger partial charge >= 0.3 is 0 Å². The molecule has 1 amide bonds. The first-order valence-corrected chi connectivity index (χ1v) is 2.57. The van der Waals surface area contributed by atoms with Crippen molar-refractivity contribution >= 4 is 17.9 Å². The van der Waals surface area contributed by atoms with E-state index in [-0.39, 0.29) is 12.4 Å². The van der Waals surface area contributed by atoms with Crippen LogP contribution < -0.4 is 5.73 Å². The van der Waals surface area contributed by atoms with E-state index in [4.69, 9.17) is 0 Å². The van der Waals surface area contributed by atoms with Crippen molar-refractivity contribution in [1.29, 1.82) is 0 Å². The van der Waals surface area contributed by atoms with Crippen molar-refractivity contribution < 1.29 is 14.4 Å². The predicted molar refractivity (Wildman–Crippen MR) is 34.3 cm³/mol. The van der Waals surface area contributed by atoms with Crippen molar-refractivity contribution in [1.82, 2.24) is 0 Å². The molecule has 0 bridgehead atoms. The molecule has 0 aliphatic carbocycles. The number of primary amides is 1. The van der Waals surface area contributed by atoms with Crippen LogP contribution in [0.4, 0.5) is 0 Å². The van der Waals surface area contributed by atoms with Gasteiger partial charge in [-0.1, -0.05) is 5.16 Å². The number of hydrogen-bond acceptors (Lipinski definition) is 4. The minimum Gasteiger partial charge on any atom is -0.386 e. The van der Waals surface area contributed by atoms with Crippen molar-refractivity contribution in [2.24, 2.45) is 10.9 Å². The maximum absolute atomic E-state index is 10.1. The summed E-state index contributed by atoms with van der Waals surface area (Å²) in [5, 5.41) is 3.14. The summed E-state index contributed by atoms with van der Waals surface area (Å²) in [6.07, 6.45) is 0.961. The third kappa shape index (κ3) is 6.61. The zero-order valence-electron chi connectivity index (χ0n) is 5.53. The molecule has 0 aliphatic rings. The first kappa shape index (κ1) is 8.61. The molecule has 0 atom stereocenters. The quantitative estimate of drug-likeness (QED) is 0.408. The van der Waals surface area contributed by atoms with Gasteiger partial charge in [-0.15, -0.1) is 0 Å². The first-order chi connectivity index (χ1) is 4.63. The number of hydrogen-bond donors (Lipinski definition) is 1. The van der Waals surface area contributed by atoms with Crippen LogP contribution in [0.25, 0.3) is 0 Å². The van der Waals surface area contributed by atoms with Gasteiger partial charge in [0.05, 0.1) is 0 Å². The van der Waals surface area contributed by atoms with Crippen molar-refractivity contribution in [3.63, 3.8) is 0 Å². The van der Waals surface area contributed by atoms with E-state index in [9.17, 15) is 9.59 Å². The summed E-state index contributed by atoms with van der Waals surface area (Å²) in [7, 11) is 0. The largest absolute Gasteiger partial charge is 0.386 e. The molecule has 0 rings (SSSR count). The summed E-state index contributed by atoms with van der Waals surface area (Å²) in [6, 6.07) is 0. The van der Waals surface area contributed by atoms with Gasteiger partial charge in [0.25, 0.3) is 5.91 Å². The molecule has 56 valence electrons. The zero-order chi connectivity index (χ0) is 7.98. The number of rotatable bonds is 4. The van der Waals surface area contributed by atoms with Crippen molar-refractivity contribution in [2.45, 2.75) is 6.92 Å². The van der Waals surface area contributed by atoms with Crippen molar-refractivity contribution in [3.8, 4) is 0 Å². The Kier molecular flexibility index (Phi) is 3.86. The minimum atomic E-state index is -0.624. The zero-order valence-corrected chi connectivity index (χ0v) is 5.53. The average molecular weight is 144 g/mol. The van der Waals surface area contributed by atoms with Crippen LogP contribution in [0.5, 0.6) is 0 Å². The van der Waals surface area contributed by atoms with Crippen LogP contribution in [0.1, 0.15) is 6.92 Å². The van der Waals surface area contributed by atoms with Crippen LogP contribution in [0.3, 0.4) is 0 Å². The molecule has 0 aromatic heterocycles. The summed E-state index contributed by atoms with van der Waals surface area (Å²) < 4.78 is 0. The van der Waals surface area contributed by atoms with Gasteiger partial charge in [0.2, 0.25) is 0 Å². The topological polar surface area (TPSA) is 81.8 Å². The highest BCUT2D eigenvalue weighted by Gasteiger charge is 1.90. The van der Waals surface area contributed by atoms with E-state index < -0.39 is 5.91 Å². The van der Waals surface area contributed by atoms with Crippen molar-refractivity contribution in [2.75, 3.05) is 6.61 Å². The molecule has 0 fully saturated rings. The van der Waals surface area contributed by atoms with Crippen LogP contribution in [0.2, 0.25) is 0 Å². The lowest BCUT2D eigenvalue weighted by Gasteiger charge is -1.90. The molecular formula is C5H8N2O3. The molecule has 0 unspecified atom stereocenters. The Hall–Kier alpha value is -1.39. The van der Waals surface area contributed by atoms with E-state index in [1.54, 1.807) is 0 Å². The number of oxime groups is 1. The standard InChI is InChI=1S/C5H8N2O3/c1-4(8)2-7-10-3-5(6)9/h2H,3H2,1H3,(H2,6,9)/b7-2+. The van der Waals surface area contributed by atoms with Gasteiger partial charge in [0.1, 0.15) is 6.21 Å². The number of nitrogens with two attached hydrogens (primary N) is 1. The predicted octanol–water partition coefficient (Wildman–Crippen LogP) is -0.937. The number of carbonyl (C=O) groups is 2. The highest BCUT2D eigenvalue weighted by molar-refractivity contribution is 6.26. The second-order valence-corrected chi connectivity index (χ2v) is 1.58. The molecule has 0 saturated heterocycles. The van der Waals surface area contributed by atoms with Gasteiger partial charge in [0.15, 0.2) is 12.4 Å². The molecule has 0 aromatic carbocycles. The van der Waals surface area contributed by atoms with Crippen molar-refractivity contribution in [3.05, 3.63) is 0 Å². The summed E-state index contributed by atoms with van der Waals surface area (Å²) in [4.78, 5) is 24.4. The number of amides is 1. The van der Waals surface area contributed by atoms with E-state index in [2.05, 4.69) is 15.7 Å². The minimum absolute atomic E-state index is 0.246. The van der Waals surface area contributed by atoms with Crippen LogP contribution in [-0.2, 0) is 14.4 Å². The second-order valence-electron chi connectivity index (χ2n) is 1.58. The number of nitrogens with zero attached hydrogens (tertiary/aromatic N) is 1. The molecule has 0 radical (unpaired) electrons. The molecule has 0 heterocycles. The summed E-state index contributed by atoms with van der Waals surface area (Å²) >= 11 is 0. The molecule has 0 saturated carbocycles. The lowest BCUT2D eigenvalue weighted by atomic mass is 10.5.